The fourth-order valence-corrected chi connectivity index (χ4v) is 1.36. The minimum absolute atomic E-state index is 0.315. The summed E-state index contributed by atoms with van der Waals surface area (Å²) in [6, 6.07) is 0. The quantitative estimate of drug-likeness (QED) is 0.573. The first-order valence-electron chi connectivity index (χ1n) is 5.34. The number of hydrogen-bond acceptors (Lipinski definition) is 1. The molecule has 0 aliphatic rings. The van der Waals surface area contributed by atoms with Gasteiger partial charge in [-0.05, 0) is 26.2 Å². The zero-order chi connectivity index (χ0) is 10.8. The van der Waals surface area contributed by atoms with Crippen molar-refractivity contribution in [1.29, 1.82) is 0 Å². The van der Waals surface area contributed by atoms with E-state index in [2.05, 4.69) is 13.5 Å². The summed E-state index contributed by atoms with van der Waals surface area (Å²) in [5.41, 5.74) is 1.01. The number of rotatable bonds is 9. The van der Waals surface area contributed by atoms with Crippen LogP contribution in [-0.2, 0) is 4.79 Å². The smallest absolute Gasteiger partial charge is 0.303 e. The van der Waals surface area contributed by atoms with Crippen molar-refractivity contribution in [2.75, 3.05) is 0 Å². The zero-order valence-corrected chi connectivity index (χ0v) is 8.93. The Bertz CT molecular complexity index is 153. The van der Waals surface area contributed by atoms with Crippen LogP contribution < -0.4 is 0 Å². The van der Waals surface area contributed by atoms with Gasteiger partial charge < -0.3 is 5.11 Å². The van der Waals surface area contributed by atoms with E-state index in [0.717, 1.165) is 31.3 Å². The molecule has 0 atom stereocenters. The van der Waals surface area contributed by atoms with Crippen molar-refractivity contribution in [2.24, 2.45) is 0 Å². The summed E-state index contributed by atoms with van der Waals surface area (Å²) in [6.07, 6.45) is 7.92. The molecule has 2 heteroatoms. The van der Waals surface area contributed by atoms with Crippen molar-refractivity contribution in [1.82, 2.24) is 0 Å². The molecule has 0 aliphatic heterocycles. The Labute approximate surface area is 87.0 Å². The predicted octanol–water partition coefficient (Wildman–Crippen LogP) is 3.58. The van der Waals surface area contributed by atoms with Gasteiger partial charge in [0.1, 0.15) is 0 Å². The number of hydrogen-bond donors (Lipinski definition) is 1. The average molecular weight is 197 g/mol. The maximum absolute atomic E-state index is 10.2. The molecule has 1 radical (unpaired) electrons. The Hall–Kier alpha value is -0.790. The number of carboxylic acids is 1. The number of carboxylic acid groups (broad SMARTS) is 1. The predicted molar refractivity (Wildman–Crippen MR) is 59.1 cm³/mol. The third-order valence-corrected chi connectivity index (χ3v) is 2.17. The van der Waals surface area contributed by atoms with E-state index in [9.17, 15) is 4.79 Å². The van der Waals surface area contributed by atoms with Crippen molar-refractivity contribution in [3.63, 3.8) is 0 Å². The van der Waals surface area contributed by atoms with E-state index >= 15 is 0 Å². The summed E-state index contributed by atoms with van der Waals surface area (Å²) in [5.74, 6) is -0.682. The number of aliphatic carboxylic acids is 1. The summed E-state index contributed by atoms with van der Waals surface area (Å²) >= 11 is 0. The highest BCUT2D eigenvalue weighted by Crippen LogP contribution is 2.10. The second-order valence-electron chi connectivity index (χ2n) is 3.77. The van der Waals surface area contributed by atoms with Gasteiger partial charge in [0.15, 0.2) is 0 Å². The van der Waals surface area contributed by atoms with Crippen LogP contribution >= 0.6 is 0 Å². The molecule has 0 saturated carbocycles. The molecule has 0 aromatic heterocycles. The molecule has 0 aromatic carbocycles. The van der Waals surface area contributed by atoms with Crippen LogP contribution in [0.25, 0.3) is 0 Å². The van der Waals surface area contributed by atoms with Crippen LogP contribution in [0.5, 0.6) is 0 Å². The van der Waals surface area contributed by atoms with E-state index in [1.807, 2.05) is 0 Å². The fourth-order valence-electron chi connectivity index (χ4n) is 1.36. The second-order valence-corrected chi connectivity index (χ2v) is 3.77. The van der Waals surface area contributed by atoms with E-state index in [-0.39, 0.29) is 0 Å². The summed E-state index contributed by atoms with van der Waals surface area (Å²) < 4.78 is 0. The lowest BCUT2D eigenvalue weighted by Crippen LogP contribution is -1.93. The first-order valence-corrected chi connectivity index (χ1v) is 5.34. The molecular formula is C12H21O2. The molecule has 0 bridgehead atoms. The Kier molecular flexibility index (Phi) is 8.30. The summed E-state index contributed by atoms with van der Waals surface area (Å²) in [7, 11) is 0. The van der Waals surface area contributed by atoms with Crippen LogP contribution in [0.3, 0.4) is 0 Å². The van der Waals surface area contributed by atoms with Crippen LogP contribution in [0.1, 0.15) is 51.4 Å². The standard InChI is InChI=1S/C12H21O2/c1-11(2)9-7-5-3-4-6-8-10-12(13)14/h1-10H2,(H,13,14). The number of carbonyl (C=O) groups is 1. The zero-order valence-electron chi connectivity index (χ0n) is 8.93. The molecular weight excluding hydrogens is 176 g/mol. The Balaban J connectivity index is 2.99. The van der Waals surface area contributed by atoms with Gasteiger partial charge in [-0.15, -0.1) is 0 Å². The van der Waals surface area contributed by atoms with Crippen molar-refractivity contribution < 1.29 is 9.90 Å². The molecule has 0 amide bonds. The highest BCUT2D eigenvalue weighted by atomic mass is 16.4. The molecule has 0 rings (SSSR count). The average Bonchev–Trinajstić information content (AvgIpc) is 2.08. The highest BCUT2D eigenvalue weighted by Gasteiger charge is 1.96. The molecule has 0 aromatic rings. The maximum atomic E-state index is 10.2. The molecule has 2 nitrogen and oxygen atoms in total. The van der Waals surface area contributed by atoms with E-state index in [4.69, 9.17) is 5.11 Å². The normalized spacial score (nSPS) is 10.1. The largest absolute Gasteiger partial charge is 0.481 e. The van der Waals surface area contributed by atoms with E-state index in [0.29, 0.717) is 6.42 Å². The van der Waals surface area contributed by atoms with Crippen LogP contribution in [-0.4, -0.2) is 11.1 Å². The number of unbranched alkanes of at least 4 members (excludes halogenated alkanes) is 5. The molecule has 14 heavy (non-hydrogen) atoms. The lowest BCUT2D eigenvalue weighted by molar-refractivity contribution is -0.137. The molecule has 0 saturated heterocycles. The van der Waals surface area contributed by atoms with Crippen molar-refractivity contribution in [3.05, 3.63) is 19.1 Å². The lowest BCUT2D eigenvalue weighted by Gasteiger charge is -2.00. The summed E-state index contributed by atoms with van der Waals surface area (Å²) in [4.78, 5) is 10.2. The first kappa shape index (κ1) is 13.2. The third kappa shape index (κ3) is 11.2. The van der Waals surface area contributed by atoms with Crippen LogP contribution in [0.4, 0.5) is 0 Å². The lowest BCUT2D eigenvalue weighted by atomic mass is 10.1. The SMILES string of the molecule is [CH2]C(=C)CCCCCCCCC(=O)O. The second kappa shape index (κ2) is 8.79. The minimum Gasteiger partial charge on any atom is -0.481 e. The van der Waals surface area contributed by atoms with Gasteiger partial charge >= 0.3 is 5.97 Å². The Morgan fingerprint density at radius 3 is 1.79 bits per heavy atom. The van der Waals surface area contributed by atoms with Crippen molar-refractivity contribution >= 4 is 5.97 Å². The van der Waals surface area contributed by atoms with Gasteiger partial charge in [0, 0.05) is 6.42 Å². The van der Waals surface area contributed by atoms with Crippen LogP contribution in [0.2, 0.25) is 0 Å². The van der Waals surface area contributed by atoms with Crippen LogP contribution in [0, 0.1) is 6.92 Å². The van der Waals surface area contributed by atoms with E-state index in [1.165, 1.54) is 19.3 Å². The van der Waals surface area contributed by atoms with Gasteiger partial charge in [-0.3, -0.25) is 4.79 Å². The first-order chi connectivity index (χ1) is 6.63. The fraction of sp³-hybridized carbons (Fsp3) is 0.667. The van der Waals surface area contributed by atoms with Crippen molar-refractivity contribution in [2.45, 2.75) is 51.4 Å². The monoisotopic (exact) mass is 197 g/mol. The van der Waals surface area contributed by atoms with Gasteiger partial charge in [0.25, 0.3) is 0 Å². The Morgan fingerprint density at radius 2 is 1.36 bits per heavy atom. The molecule has 0 spiro atoms. The molecule has 0 fully saturated rings. The van der Waals surface area contributed by atoms with Gasteiger partial charge in [0.2, 0.25) is 0 Å². The molecule has 81 valence electrons. The molecule has 1 N–H and O–H groups in total. The van der Waals surface area contributed by atoms with Gasteiger partial charge in [0.05, 0.1) is 0 Å². The van der Waals surface area contributed by atoms with Gasteiger partial charge in [-0.2, -0.15) is 0 Å². The number of allylic oxidation sites excluding steroid dienone is 1. The summed E-state index contributed by atoms with van der Waals surface area (Å²) in [5, 5.41) is 8.40. The molecule has 0 heterocycles. The Morgan fingerprint density at radius 1 is 0.929 bits per heavy atom. The van der Waals surface area contributed by atoms with Crippen molar-refractivity contribution in [3.8, 4) is 0 Å². The topological polar surface area (TPSA) is 37.3 Å². The summed E-state index contributed by atoms with van der Waals surface area (Å²) in [6.45, 7) is 7.49. The van der Waals surface area contributed by atoms with E-state index in [1.54, 1.807) is 0 Å². The highest BCUT2D eigenvalue weighted by molar-refractivity contribution is 5.66. The van der Waals surface area contributed by atoms with Gasteiger partial charge in [-0.25, -0.2) is 0 Å². The molecule has 0 aliphatic carbocycles. The maximum Gasteiger partial charge on any atom is 0.303 e. The minimum atomic E-state index is -0.682. The van der Waals surface area contributed by atoms with E-state index < -0.39 is 5.97 Å². The van der Waals surface area contributed by atoms with Gasteiger partial charge in [-0.1, -0.05) is 37.8 Å². The third-order valence-electron chi connectivity index (χ3n) is 2.17. The molecule has 0 unspecified atom stereocenters. The van der Waals surface area contributed by atoms with Crippen LogP contribution in [0.15, 0.2) is 12.2 Å².